The third-order valence-electron chi connectivity index (χ3n) is 3.94. The maximum Gasteiger partial charge on any atom is 0.256 e. The average molecular weight is 375 g/mol. The van der Waals surface area contributed by atoms with Gasteiger partial charge >= 0.3 is 0 Å². The van der Waals surface area contributed by atoms with Gasteiger partial charge < -0.3 is 25.4 Å². The van der Waals surface area contributed by atoms with Crippen LogP contribution in [0.5, 0.6) is 11.5 Å². The number of aromatic nitrogens is 3. The van der Waals surface area contributed by atoms with Gasteiger partial charge in [-0.25, -0.2) is 9.37 Å². The summed E-state index contributed by atoms with van der Waals surface area (Å²) in [5.41, 5.74) is 0.478. The first-order chi connectivity index (χ1) is 14.2. The van der Waals surface area contributed by atoms with Crippen LogP contribution in [0.1, 0.15) is 14.5 Å². The van der Waals surface area contributed by atoms with E-state index in [1.165, 1.54) is 36.0 Å². The summed E-state index contributed by atoms with van der Waals surface area (Å²) in [7, 11) is 1.45. The number of hydrogen-bond donors (Lipinski definition) is 3. The number of carbonyl (C=O) groups excluding carboxylic acids is 1. The lowest BCUT2D eigenvalue weighted by Crippen LogP contribution is -2.18. The molecule has 3 heterocycles. The van der Waals surface area contributed by atoms with Crippen LogP contribution < -0.4 is 25.4 Å². The number of halogens is 1. The predicted molar refractivity (Wildman–Crippen MR) is 96.6 cm³/mol. The van der Waals surface area contributed by atoms with Crippen molar-refractivity contribution < 1.29 is 22.8 Å². The van der Waals surface area contributed by atoms with Crippen molar-refractivity contribution in [1.29, 1.82) is 0 Å². The highest BCUT2D eigenvalue weighted by Gasteiger charge is 2.20. The van der Waals surface area contributed by atoms with Gasteiger partial charge in [0.05, 0.1) is 11.9 Å². The number of anilines is 3. The molecule has 0 fully saturated rings. The molecule has 3 aromatic rings. The van der Waals surface area contributed by atoms with Gasteiger partial charge in [-0.15, -0.1) is 0 Å². The van der Waals surface area contributed by atoms with E-state index in [0.717, 1.165) is 0 Å². The standard InChI is InChI=1S/C17H17FN6O3/c1-19-14-7-13(23-16-10(17(25)20-2)8-21-24(14)16)22-11-5-9(18)6-12-15(11)27-4-3-26-12/h5-8,19H,3-4H2,1-2H3,(H,20,25)(H,22,23)/i1D3. The summed E-state index contributed by atoms with van der Waals surface area (Å²) in [5.74, 6) is -0.272. The number of amides is 1. The van der Waals surface area contributed by atoms with E-state index < -0.39 is 18.7 Å². The van der Waals surface area contributed by atoms with Gasteiger partial charge in [0, 0.05) is 36.3 Å². The Balaban J connectivity index is 1.83. The minimum absolute atomic E-state index is 0.0556. The van der Waals surface area contributed by atoms with Crippen molar-refractivity contribution in [3.05, 3.63) is 35.8 Å². The molecule has 0 spiro atoms. The Morgan fingerprint density at radius 3 is 3.00 bits per heavy atom. The molecular weight excluding hydrogens is 355 g/mol. The second-order valence-electron chi connectivity index (χ2n) is 5.63. The van der Waals surface area contributed by atoms with Crippen molar-refractivity contribution in [2.75, 3.05) is 37.9 Å². The maximum atomic E-state index is 14.0. The number of carbonyl (C=O) groups is 1. The first-order valence-electron chi connectivity index (χ1n) is 9.50. The van der Waals surface area contributed by atoms with E-state index in [9.17, 15) is 9.18 Å². The lowest BCUT2D eigenvalue weighted by atomic mass is 10.2. The minimum Gasteiger partial charge on any atom is -0.486 e. The van der Waals surface area contributed by atoms with Gasteiger partial charge in [-0.05, 0) is 0 Å². The maximum absolute atomic E-state index is 14.0. The highest BCUT2D eigenvalue weighted by molar-refractivity contribution is 6.00. The number of hydrogen-bond acceptors (Lipinski definition) is 7. The van der Waals surface area contributed by atoms with Crippen LogP contribution >= 0.6 is 0 Å². The van der Waals surface area contributed by atoms with E-state index in [4.69, 9.17) is 13.6 Å². The molecule has 0 saturated carbocycles. The molecule has 0 bridgehead atoms. The Morgan fingerprint density at radius 2 is 2.19 bits per heavy atom. The summed E-state index contributed by atoms with van der Waals surface area (Å²) in [5, 5.41) is 11.8. The molecule has 1 aliphatic rings. The van der Waals surface area contributed by atoms with Crippen molar-refractivity contribution in [2.45, 2.75) is 0 Å². The number of ether oxygens (including phenoxy) is 2. The molecule has 140 valence electrons. The normalized spacial score (nSPS) is 14.8. The Labute approximate surface area is 157 Å². The zero-order valence-corrected chi connectivity index (χ0v) is 14.2. The van der Waals surface area contributed by atoms with Crippen LogP contribution in [0.4, 0.5) is 21.7 Å². The second-order valence-corrected chi connectivity index (χ2v) is 5.63. The molecule has 3 N–H and O–H groups in total. The smallest absolute Gasteiger partial charge is 0.256 e. The Hall–Kier alpha value is -3.56. The number of benzene rings is 1. The fraction of sp³-hybridized carbons (Fsp3) is 0.235. The summed E-state index contributed by atoms with van der Waals surface area (Å²) < 4.78 is 48.7. The molecule has 9 nitrogen and oxygen atoms in total. The van der Waals surface area contributed by atoms with Crippen LogP contribution in [-0.4, -0.2) is 47.7 Å². The summed E-state index contributed by atoms with van der Waals surface area (Å²) in [6.07, 6.45) is 1.27. The molecule has 4 rings (SSSR count). The van der Waals surface area contributed by atoms with E-state index in [1.54, 1.807) is 0 Å². The van der Waals surface area contributed by atoms with E-state index in [0.29, 0.717) is 5.75 Å². The third-order valence-corrected chi connectivity index (χ3v) is 3.94. The lowest BCUT2D eigenvalue weighted by molar-refractivity contribution is 0.0964. The fourth-order valence-corrected chi connectivity index (χ4v) is 2.76. The van der Waals surface area contributed by atoms with Gasteiger partial charge in [-0.2, -0.15) is 9.61 Å². The van der Waals surface area contributed by atoms with Crippen molar-refractivity contribution in [3.63, 3.8) is 0 Å². The third kappa shape index (κ3) is 2.94. The lowest BCUT2D eigenvalue weighted by Gasteiger charge is -2.21. The fourth-order valence-electron chi connectivity index (χ4n) is 2.76. The molecule has 0 radical (unpaired) electrons. The first-order valence-corrected chi connectivity index (χ1v) is 8.00. The molecule has 0 aliphatic carbocycles. The van der Waals surface area contributed by atoms with Gasteiger partial charge in [0.1, 0.15) is 36.2 Å². The summed E-state index contributed by atoms with van der Waals surface area (Å²) in [4.78, 5) is 16.5. The molecule has 0 atom stereocenters. The molecule has 1 aromatic carbocycles. The predicted octanol–water partition coefficient (Wildman–Crippen LogP) is 1.78. The van der Waals surface area contributed by atoms with Gasteiger partial charge in [-0.3, -0.25) is 4.79 Å². The first kappa shape index (κ1) is 13.6. The monoisotopic (exact) mass is 375 g/mol. The summed E-state index contributed by atoms with van der Waals surface area (Å²) in [6, 6.07) is 3.78. The van der Waals surface area contributed by atoms with E-state index in [1.807, 2.05) is 0 Å². The van der Waals surface area contributed by atoms with Crippen LogP contribution in [0.3, 0.4) is 0 Å². The van der Waals surface area contributed by atoms with Gasteiger partial charge in [0.15, 0.2) is 17.1 Å². The van der Waals surface area contributed by atoms with Crippen LogP contribution in [0.15, 0.2) is 24.4 Å². The quantitative estimate of drug-likeness (QED) is 0.639. The van der Waals surface area contributed by atoms with E-state index >= 15 is 0 Å². The zero-order chi connectivity index (χ0) is 21.5. The van der Waals surface area contributed by atoms with Crippen LogP contribution in [-0.2, 0) is 0 Å². The Bertz CT molecular complexity index is 1130. The number of rotatable bonds is 4. The van der Waals surface area contributed by atoms with Crippen molar-refractivity contribution >= 4 is 28.9 Å². The SMILES string of the molecule is [2H]C([2H])([2H])Nc1cc(Nc2cc(F)cc3c2OCCO3)nc2c(C(=O)NC)cnn12. The van der Waals surface area contributed by atoms with Crippen molar-refractivity contribution in [2.24, 2.45) is 0 Å². The number of fused-ring (bicyclic) bond motifs is 2. The van der Waals surface area contributed by atoms with Crippen molar-refractivity contribution in [3.8, 4) is 11.5 Å². The molecular formula is C17H17FN6O3. The van der Waals surface area contributed by atoms with E-state index in [2.05, 4.69) is 26.0 Å². The number of nitrogens with zero attached hydrogens (tertiary/aromatic N) is 3. The Kier molecular flexibility index (Phi) is 3.34. The average Bonchev–Trinajstić information content (AvgIpc) is 3.10. The molecule has 1 aliphatic heterocycles. The molecule has 10 heteroatoms. The highest BCUT2D eigenvalue weighted by Crippen LogP contribution is 2.39. The van der Waals surface area contributed by atoms with Crippen LogP contribution in [0.2, 0.25) is 0 Å². The van der Waals surface area contributed by atoms with Crippen LogP contribution in [0, 0.1) is 5.82 Å². The summed E-state index contributed by atoms with van der Waals surface area (Å²) >= 11 is 0. The largest absolute Gasteiger partial charge is 0.486 e. The van der Waals surface area contributed by atoms with Gasteiger partial charge in [0.25, 0.3) is 5.91 Å². The van der Waals surface area contributed by atoms with Gasteiger partial charge in [-0.1, -0.05) is 0 Å². The molecule has 2 aromatic heterocycles. The zero-order valence-electron chi connectivity index (χ0n) is 17.2. The van der Waals surface area contributed by atoms with E-state index in [-0.39, 0.29) is 47.5 Å². The van der Waals surface area contributed by atoms with Crippen molar-refractivity contribution in [1.82, 2.24) is 19.9 Å². The minimum atomic E-state index is -2.53. The molecule has 0 saturated heterocycles. The van der Waals surface area contributed by atoms with Crippen LogP contribution in [0.25, 0.3) is 5.65 Å². The van der Waals surface area contributed by atoms with Gasteiger partial charge in [0.2, 0.25) is 0 Å². The second kappa shape index (κ2) is 6.63. The molecule has 27 heavy (non-hydrogen) atoms. The topological polar surface area (TPSA) is 102 Å². The summed E-state index contributed by atoms with van der Waals surface area (Å²) in [6.45, 7) is -1.95. The molecule has 1 amide bonds. The number of nitrogens with one attached hydrogen (secondary N) is 3. The molecule has 0 unspecified atom stereocenters. The Morgan fingerprint density at radius 1 is 1.33 bits per heavy atom. The highest BCUT2D eigenvalue weighted by atomic mass is 19.1.